The summed E-state index contributed by atoms with van der Waals surface area (Å²) in [5.41, 5.74) is 1.12. The molecule has 0 radical (unpaired) electrons. The number of allylic oxidation sites excluding steroid dienone is 3. The Kier molecular flexibility index (Phi) is 11.4. The Balaban J connectivity index is 0.00000191. The first-order valence-corrected chi connectivity index (χ1v) is 7.94. The lowest BCUT2D eigenvalue weighted by molar-refractivity contribution is 0.164. The van der Waals surface area contributed by atoms with E-state index in [1.807, 2.05) is 44.2 Å². The maximum absolute atomic E-state index is 5.88. The van der Waals surface area contributed by atoms with Crippen LogP contribution >= 0.6 is 15.9 Å². The molecule has 1 aromatic rings. The molecule has 0 saturated carbocycles. The van der Waals surface area contributed by atoms with Crippen LogP contribution < -0.4 is 0 Å². The van der Waals surface area contributed by atoms with Crippen molar-refractivity contribution in [2.45, 2.75) is 33.8 Å². The molecule has 0 bridgehead atoms. The van der Waals surface area contributed by atoms with Crippen LogP contribution in [0.5, 0.6) is 0 Å². The van der Waals surface area contributed by atoms with Crippen LogP contribution in [-0.2, 0) is 16.1 Å². The summed E-state index contributed by atoms with van der Waals surface area (Å²) < 4.78 is 12.2. The molecule has 0 amide bonds. The van der Waals surface area contributed by atoms with Gasteiger partial charge in [-0.2, -0.15) is 0 Å². The molecule has 0 aromatic heterocycles. The van der Waals surface area contributed by atoms with Crippen molar-refractivity contribution in [3.05, 3.63) is 70.6 Å². The lowest BCUT2D eigenvalue weighted by Crippen LogP contribution is -2.01. The number of halogens is 1. The summed E-state index contributed by atoms with van der Waals surface area (Å²) in [4.78, 5) is 0. The van der Waals surface area contributed by atoms with E-state index in [-0.39, 0.29) is 0 Å². The lowest BCUT2D eigenvalue weighted by Gasteiger charge is -2.15. The van der Waals surface area contributed by atoms with Gasteiger partial charge < -0.3 is 9.47 Å². The predicted octanol–water partition coefficient (Wildman–Crippen LogP) is 5.96. The molecule has 2 nitrogen and oxygen atoms in total. The summed E-state index contributed by atoms with van der Waals surface area (Å²) in [5, 5.41) is 0. The Morgan fingerprint density at radius 3 is 2.33 bits per heavy atom. The number of methoxy groups -OCH3 is 1. The molecule has 116 valence electrons. The average molecular weight is 353 g/mol. The van der Waals surface area contributed by atoms with Crippen LogP contribution in [0.4, 0.5) is 0 Å². The molecule has 0 aliphatic heterocycles. The summed E-state index contributed by atoms with van der Waals surface area (Å²) in [6.07, 6.45) is 4.31. The topological polar surface area (TPSA) is 18.5 Å². The van der Waals surface area contributed by atoms with E-state index in [9.17, 15) is 0 Å². The Labute approximate surface area is 137 Å². The zero-order valence-corrected chi connectivity index (χ0v) is 14.9. The lowest BCUT2D eigenvalue weighted by atomic mass is 10.2. The van der Waals surface area contributed by atoms with Gasteiger partial charge in [-0.05, 0) is 18.1 Å². The van der Waals surface area contributed by atoms with E-state index in [2.05, 4.69) is 29.4 Å². The second kappa shape index (κ2) is 12.3. The van der Waals surface area contributed by atoms with E-state index in [1.54, 1.807) is 19.3 Å². The standard InChI is InChI=1S/C16H19BrO2.C2H6/c1-4-9-15(18-3)16(14(17)5-2)19-12-13-10-7-6-8-11-13;1-2/h4,6-11H,1,5,12H2,2-3H3;1-2H3/b15-9+,16-14-;. The van der Waals surface area contributed by atoms with Crippen molar-refractivity contribution < 1.29 is 9.47 Å². The molecule has 0 N–H and O–H groups in total. The Hall–Kier alpha value is -1.48. The van der Waals surface area contributed by atoms with Crippen LogP contribution in [0.2, 0.25) is 0 Å². The molecule has 0 aliphatic carbocycles. The summed E-state index contributed by atoms with van der Waals surface area (Å²) >= 11 is 3.53. The van der Waals surface area contributed by atoms with Gasteiger partial charge in [0, 0.05) is 4.48 Å². The first kappa shape index (κ1) is 19.5. The van der Waals surface area contributed by atoms with Gasteiger partial charge in [0.1, 0.15) is 6.61 Å². The van der Waals surface area contributed by atoms with E-state index >= 15 is 0 Å². The zero-order valence-electron chi connectivity index (χ0n) is 13.4. The molecule has 21 heavy (non-hydrogen) atoms. The average Bonchev–Trinajstić information content (AvgIpc) is 2.56. The molecular weight excluding hydrogens is 328 g/mol. The van der Waals surface area contributed by atoms with E-state index in [0.29, 0.717) is 18.1 Å². The summed E-state index contributed by atoms with van der Waals surface area (Å²) in [5.74, 6) is 1.38. The number of hydrogen-bond donors (Lipinski definition) is 0. The molecule has 0 unspecified atom stereocenters. The van der Waals surface area contributed by atoms with Crippen LogP contribution in [0.1, 0.15) is 32.8 Å². The van der Waals surface area contributed by atoms with Gasteiger partial charge in [-0.1, -0.05) is 79.7 Å². The van der Waals surface area contributed by atoms with Crippen LogP contribution in [0.25, 0.3) is 0 Å². The number of ether oxygens (including phenoxy) is 2. The third-order valence-corrected chi connectivity index (χ3v) is 3.42. The smallest absolute Gasteiger partial charge is 0.171 e. The monoisotopic (exact) mass is 352 g/mol. The molecule has 1 rings (SSSR count). The molecular formula is C18H25BrO2. The molecule has 3 heteroatoms. The van der Waals surface area contributed by atoms with Crippen molar-refractivity contribution in [2.24, 2.45) is 0 Å². The van der Waals surface area contributed by atoms with Crippen molar-refractivity contribution in [3.8, 4) is 0 Å². The maximum Gasteiger partial charge on any atom is 0.171 e. The van der Waals surface area contributed by atoms with Crippen molar-refractivity contribution in [3.63, 3.8) is 0 Å². The predicted molar refractivity (Wildman–Crippen MR) is 94.1 cm³/mol. The molecule has 0 spiro atoms. The summed E-state index contributed by atoms with van der Waals surface area (Å²) in [6.45, 7) is 10.2. The minimum atomic E-state index is 0.503. The third kappa shape index (κ3) is 7.19. The van der Waals surface area contributed by atoms with E-state index < -0.39 is 0 Å². The van der Waals surface area contributed by atoms with Gasteiger partial charge >= 0.3 is 0 Å². The van der Waals surface area contributed by atoms with Gasteiger partial charge in [0.2, 0.25) is 0 Å². The Bertz CT molecular complexity index is 461. The summed E-state index contributed by atoms with van der Waals surface area (Å²) in [7, 11) is 1.62. The van der Waals surface area contributed by atoms with E-state index in [1.165, 1.54) is 0 Å². The largest absolute Gasteiger partial charge is 0.493 e. The number of hydrogen-bond acceptors (Lipinski definition) is 2. The molecule has 0 fully saturated rings. The highest BCUT2D eigenvalue weighted by Crippen LogP contribution is 2.25. The van der Waals surface area contributed by atoms with Crippen LogP contribution in [0.15, 0.2) is 65.1 Å². The van der Waals surface area contributed by atoms with Gasteiger partial charge in [0.05, 0.1) is 7.11 Å². The highest BCUT2D eigenvalue weighted by Gasteiger charge is 2.11. The minimum absolute atomic E-state index is 0.503. The second-order valence-electron chi connectivity index (χ2n) is 3.83. The molecule has 1 aromatic carbocycles. The fourth-order valence-electron chi connectivity index (χ4n) is 1.52. The fourth-order valence-corrected chi connectivity index (χ4v) is 1.83. The van der Waals surface area contributed by atoms with Crippen molar-refractivity contribution >= 4 is 15.9 Å². The Morgan fingerprint density at radius 2 is 1.86 bits per heavy atom. The number of benzene rings is 1. The molecule has 0 saturated heterocycles. The zero-order chi connectivity index (χ0) is 16.1. The quantitative estimate of drug-likeness (QED) is 0.445. The van der Waals surface area contributed by atoms with Gasteiger partial charge in [-0.15, -0.1) is 0 Å². The molecule has 0 aliphatic rings. The first-order chi connectivity index (χ1) is 10.2. The normalized spacial score (nSPS) is 11.8. The molecule has 0 atom stereocenters. The van der Waals surface area contributed by atoms with Crippen LogP contribution in [0, 0.1) is 0 Å². The first-order valence-electron chi connectivity index (χ1n) is 7.15. The second-order valence-corrected chi connectivity index (χ2v) is 4.79. The SMILES string of the molecule is C=C/C=C(OC)\C(OCc1ccccc1)=C(\Br)CC.CC. The van der Waals surface area contributed by atoms with Gasteiger partial charge in [0.25, 0.3) is 0 Å². The van der Waals surface area contributed by atoms with Gasteiger partial charge in [-0.3, -0.25) is 0 Å². The van der Waals surface area contributed by atoms with Gasteiger partial charge in [-0.25, -0.2) is 0 Å². The van der Waals surface area contributed by atoms with Crippen LogP contribution in [0.3, 0.4) is 0 Å². The van der Waals surface area contributed by atoms with Crippen molar-refractivity contribution in [1.29, 1.82) is 0 Å². The third-order valence-electron chi connectivity index (χ3n) is 2.50. The molecule has 0 heterocycles. The van der Waals surface area contributed by atoms with Gasteiger partial charge in [0.15, 0.2) is 11.5 Å². The van der Waals surface area contributed by atoms with Crippen molar-refractivity contribution in [2.75, 3.05) is 7.11 Å². The summed E-state index contributed by atoms with van der Waals surface area (Å²) in [6, 6.07) is 10.0. The highest BCUT2D eigenvalue weighted by atomic mass is 79.9. The van der Waals surface area contributed by atoms with E-state index in [0.717, 1.165) is 16.5 Å². The minimum Gasteiger partial charge on any atom is -0.493 e. The number of rotatable bonds is 7. The Morgan fingerprint density at radius 1 is 1.24 bits per heavy atom. The van der Waals surface area contributed by atoms with Crippen LogP contribution in [-0.4, -0.2) is 7.11 Å². The maximum atomic E-state index is 5.88. The van der Waals surface area contributed by atoms with Crippen molar-refractivity contribution in [1.82, 2.24) is 0 Å². The fraction of sp³-hybridized carbons (Fsp3) is 0.333. The highest BCUT2D eigenvalue weighted by molar-refractivity contribution is 9.11. The van der Waals surface area contributed by atoms with E-state index in [4.69, 9.17) is 9.47 Å².